The lowest BCUT2D eigenvalue weighted by molar-refractivity contribution is 0.0116. The molecule has 4 nitrogen and oxygen atoms in total. The number of carbonyl (C=O) groups is 1. The third-order valence-corrected chi connectivity index (χ3v) is 2.24. The second-order valence-corrected chi connectivity index (χ2v) is 4.89. The average molecular weight is 218 g/mol. The fourth-order valence-corrected chi connectivity index (χ4v) is 1.42. The minimum atomic E-state index is -1.15. The molecule has 1 rings (SSSR count). The molecule has 0 aromatic carbocycles. The Bertz CT molecular complexity index is 240. The molecule has 1 aliphatic rings. The number of piperidine rings is 1. The van der Waals surface area contributed by atoms with Gasteiger partial charge < -0.3 is 15.4 Å². The average Bonchev–Trinajstić information content (AvgIpc) is 2.06. The molecule has 2 atom stereocenters. The summed E-state index contributed by atoms with van der Waals surface area (Å²) in [6.07, 6.45) is -1.12. The van der Waals surface area contributed by atoms with Gasteiger partial charge in [-0.05, 0) is 27.2 Å². The van der Waals surface area contributed by atoms with Gasteiger partial charge in [0, 0.05) is 12.6 Å². The maximum atomic E-state index is 13.2. The summed E-state index contributed by atoms with van der Waals surface area (Å²) >= 11 is 0. The van der Waals surface area contributed by atoms with Gasteiger partial charge in [0.05, 0.1) is 6.54 Å². The highest BCUT2D eigenvalue weighted by Gasteiger charge is 2.31. The highest BCUT2D eigenvalue weighted by atomic mass is 19.1. The quantitative estimate of drug-likeness (QED) is 0.666. The van der Waals surface area contributed by atoms with E-state index in [9.17, 15) is 9.18 Å². The van der Waals surface area contributed by atoms with E-state index >= 15 is 0 Å². The van der Waals surface area contributed by atoms with E-state index in [1.54, 1.807) is 20.8 Å². The van der Waals surface area contributed by atoms with Crippen LogP contribution in [0.4, 0.5) is 9.18 Å². The van der Waals surface area contributed by atoms with Gasteiger partial charge >= 0.3 is 6.09 Å². The van der Waals surface area contributed by atoms with Gasteiger partial charge in [0.1, 0.15) is 11.8 Å². The number of nitrogens with zero attached hydrogens (tertiary/aromatic N) is 1. The van der Waals surface area contributed by atoms with E-state index in [1.807, 2.05) is 0 Å². The molecule has 0 saturated carbocycles. The maximum absolute atomic E-state index is 13.2. The SMILES string of the molecule is CC(C)(C)OC(=O)N1CC[C@@H](N)C(F)C1. The van der Waals surface area contributed by atoms with Crippen molar-refractivity contribution in [2.75, 3.05) is 13.1 Å². The number of halogens is 1. The van der Waals surface area contributed by atoms with Crippen LogP contribution in [-0.2, 0) is 4.74 Å². The van der Waals surface area contributed by atoms with Crippen molar-refractivity contribution >= 4 is 6.09 Å². The van der Waals surface area contributed by atoms with Crippen molar-refractivity contribution in [1.29, 1.82) is 0 Å². The second kappa shape index (κ2) is 4.35. The van der Waals surface area contributed by atoms with Gasteiger partial charge in [-0.1, -0.05) is 0 Å². The van der Waals surface area contributed by atoms with Crippen molar-refractivity contribution in [2.45, 2.75) is 45.0 Å². The standard InChI is InChI=1S/C10H19FN2O2/c1-10(2,3)15-9(14)13-5-4-8(12)7(11)6-13/h7-8H,4-6,12H2,1-3H3/t7?,8-/m1/s1. The molecule has 1 fully saturated rings. The number of rotatable bonds is 0. The van der Waals surface area contributed by atoms with Crippen LogP contribution in [0.5, 0.6) is 0 Å². The van der Waals surface area contributed by atoms with E-state index in [-0.39, 0.29) is 6.54 Å². The molecule has 88 valence electrons. The molecule has 15 heavy (non-hydrogen) atoms. The van der Waals surface area contributed by atoms with Crippen molar-refractivity contribution in [3.63, 3.8) is 0 Å². The van der Waals surface area contributed by atoms with Gasteiger partial charge in [-0.25, -0.2) is 9.18 Å². The van der Waals surface area contributed by atoms with Crippen LogP contribution in [0.15, 0.2) is 0 Å². The molecular formula is C10H19FN2O2. The van der Waals surface area contributed by atoms with E-state index in [0.29, 0.717) is 13.0 Å². The fourth-order valence-electron chi connectivity index (χ4n) is 1.42. The van der Waals surface area contributed by atoms with Crippen molar-refractivity contribution in [2.24, 2.45) is 5.73 Å². The smallest absolute Gasteiger partial charge is 0.410 e. The minimum Gasteiger partial charge on any atom is -0.444 e. The van der Waals surface area contributed by atoms with Crippen LogP contribution in [0, 0.1) is 0 Å². The monoisotopic (exact) mass is 218 g/mol. The molecule has 1 saturated heterocycles. The zero-order valence-electron chi connectivity index (χ0n) is 9.50. The molecule has 0 aliphatic carbocycles. The van der Waals surface area contributed by atoms with Crippen molar-refractivity contribution < 1.29 is 13.9 Å². The lowest BCUT2D eigenvalue weighted by Crippen LogP contribution is -2.51. The van der Waals surface area contributed by atoms with E-state index in [0.717, 1.165) is 0 Å². The number of amides is 1. The Hall–Kier alpha value is -0.840. The van der Waals surface area contributed by atoms with Gasteiger partial charge in [0.2, 0.25) is 0 Å². The topological polar surface area (TPSA) is 55.6 Å². The Kier molecular flexibility index (Phi) is 3.54. The summed E-state index contributed by atoms with van der Waals surface area (Å²) in [5.41, 5.74) is 4.97. The molecular weight excluding hydrogens is 199 g/mol. The first kappa shape index (κ1) is 12.2. The van der Waals surface area contributed by atoms with Crippen LogP contribution in [-0.4, -0.2) is 41.9 Å². The molecule has 0 radical (unpaired) electrons. The highest BCUT2D eigenvalue weighted by molar-refractivity contribution is 5.68. The number of ether oxygens (including phenoxy) is 1. The number of likely N-dealkylation sites (tertiary alicyclic amines) is 1. The van der Waals surface area contributed by atoms with Gasteiger partial charge in [0.25, 0.3) is 0 Å². The molecule has 2 N–H and O–H groups in total. The summed E-state index contributed by atoms with van der Waals surface area (Å²) in [4.78, 5) is 12.9. The van der Waals surface area contributed by atoms with Crippen LogP contribution in [0.25, 0.3) is 0 Å². The third kappa shape index (κ3) is 3.66. The Balaban J connectivity index is 2.48. The number of alkyl halides is 1. The maximum Gasteiger partial charge on any atom is 0.410 e. The minimum absolute atomic E-state index is 0.0378. The Morgan fingerprint density at radius 2 is 2.13 bits per heavy atom. The Morgan fingerprint density at radius 1 is 1.53 bits per heavy atom. The van der Waals surface area contributed by atoms with Crippen molar-refractivity contribution in [1.82, 2.24) is 4.90 Å². The fraction of sp³-hybridized carbons (Fsp3) is 0.900. The van der Waals surface area contributed by atoms with Crippen molar-refractivity contribution in [3.8, 4) is 0 Å². The lowest BCUT2D eigenvalue weighted by Gasteiger charge is -2.34. The molecule has 0 bridgehead atoms. The molecule has 1 aliphatic heterocycles. The zero-order chi connectivity index (χ0) is 11.6. The van der Waals surface area contributed by atoms with E-state index in [4.69, 9.17) is 10.5 Å². The molecule has 0 aromatic rings. The highest BCUT2D eigenvalue weighted by Crippen LogP contribution is 2.16. The molecule has 0 aromatic heterocycles. The first-order chi connectivity index (χ1) is 6.79. The van der Waals surface area contributed by atoms with Crippen LogP contribution >= 0.6 is 0 Å². The van der Waals surface area contributed by atoms with Gasteiger partial charge in [-0.3, -0.25) is 0 Å². The molecule has 0 spiro atoms. The Labute approximate surface area is 89.6 Å². The zero-order valence-corrected chi connectivity index (χ0v) is 9.50. The first-order valence-electron chi connectivity index (χ1n) is 5.17. The third-order valence-electron chi connectivity index (χ3n) is 2.24. The van der Waals surface area contributed by atoms with Gasteiger partial charge in [0.15, 0.2) is 0 Å². The summed E-state index contributed by atoms with van der Waals surface area (Å²) in [5, 5.41) is 0. The summed E-state index contributed by atoms with van der Waals surface area (Å²) in [7, 11) is 0. The Morgan fingerprint density at radius 3 is 2.60 bits per heavy atom. The summed E-state index contributed by atoms with van der Waals surface area (Å²) in [6, 6.07) is -0.455. The summed E-state index contributed by atoms with van der Waals surface area (Å²) in [5.74, 6) is 0. The van der Waals surface area contributed by atoms with Crippen molar-refractivity contribution in [3.05, 3.63) is 0 Å². The summed E-state index contributed by atoms with van der Waals surface area (Å²) in [6.45, 7) is 5.86. The molecule has 5 heteroatoms. The normalized spacial score (nSPS) is 27.7. The van der Waals surface area contributed by atoms with Gasteiger partial charge in [-0.2, -0.15) is 0 Å². The van der Waals surface area contributed by atoms with Gasteiger partial charge in [-0.15, -0.1) is 0 Å². The van der Waals surface area contributed by atoms with E-state index < -0.39 is 23.9 Å². The molecule has 1 unspecified atom stereocenters. The van der Waals surface area contributed by atoms with Crippen LogP contribution in [0.2, 0.25) is 0 Å². The lowest BCUT2D eigenvalue weighted by atomic mass is 10.0. The van der Waals surface area contributed by atoms with E-state index in [1.165, 1.54) is 4.90 Å². The van der Waals surface area contributed by atoms with E-state index in [2.05, 4.69) is 0 Å². The first-order valence-corrected chi connectivity index (χ1v) is 5.17. The predicted molar refractivity (Wildman–Crippen MR) is 55.3 cm³/mol. The molecule has 1 heterocycles. The second-order valence-electron chi connectivity index (χ2n) is 4.89. The van der Waals surface area contributed by atoms with Crippen LogP contribution < -0.4 is 5.73 Å². The number of hydrogen-bond donors (Lipinski definition) is 1. The van der Waals surface area contributed by atoms with Crippen LogP contribution in [0.3, 0.4) is 0 Å². The van der Waals surface area contributed by atoms with Crippen LogP contribution in [0.1, 0.15) is 27.2 Å². The number of hydrogen-bond acceptors (Lipinski definition) is 3. The largest absolute Gasteiger partial charge is 0.444 e. The summed E-state index contributed by atoms with van der Waals surface area (Å²) < 4.78 is 18.4. The number of nitrogens with two attached hydrogens (primary N) is 1. The number of carbonyl (C=O) groups excluding carboxylic acids is 1. The molecule has 1 amide bonds. The predicted octanol–water partition coefficient (Wildman–Crippen LogP) is 1.29.